The van der Waals surface area contributed by atoms with Crippen molar-refractivity contribution in [1.29, 1.82) is 0 Å². The van der Waals surface area contributed by atoms with Crippen molar-refractivity contribution in [2.24, 2.45) is 10.7 Å². The number of nitrogens with two attached hydrogens (primary N) is 1. The molecule has 0 aromatic heterocycles. The first-order chi connectivity index (χ1) is 13.3. The van der Waals surface area contributed by atoms with Gasteiger partial charge in [-0.3, -0.25) is 4.99 Å². The smallest absolute Gasteiger partial charge is 0.193 e. The van der Waals surface area contributed by atoms with Gasteiger partial charge in [0, 0.05) is 31.3 Å². The first-order valence-electron chi connectivity index (χ1n) is 9.39. The van der Waals surface area contributed by atoms with E-state index in [2.05, 4.69) is 22.4 Å². The lowest BCUT2D eigenvalue weighted by molar-refractivity contribution is 0.117. The first kappa shape index (κ1) is 22.3. The summed E-state index contributed by atoms with van der Waals surface area (Å²) < 4.78 is 17.0. The molecule has 0 amide bonds. The molecule has 0 atom stereocenters. The van der Waals surface area contributed by atoms with Crippen LogP contribution in [0.1, 0.15) is 24.8 Å². The van der Waals surface area contributed by atoms with E-state index in [9.17, 15) is 0 Å². The number of hydrogen-bond acceptors (Lipinski definition) is 4. The van der Waals surface area contributed by atoms with Crippen molar-refractivity contribution in [3.63, 3.8) is 0 Å². The summed E-state index contributed by atoms with van der Waals surface area (Å²) in [7, 11) is 0. The second-order valence-corrected chi connectivity index (χ2v) is 6.35. The van der Waals surface area contributed by atoms with Gasteiger partial charge in [-0.25, -0.2) is 0 Å². The van der Waals surface area contributed by atoms with Gasteiger partial charge in [-0.2, -0.15) is 0 Å². The number of halogens is 1. The number of ether oxygens (including phenoxy) is 3. The van der Waals surface area contributed by atoms with Gasteiger partial charge in [0.1, 0.15) is 0 Å². The van der Waals surface area contributed by atoms with E-state index in [0.717, 1.165) is 43.1 Å². The van der Waals surface area contributed by atoms with Crippen molar-refractivity contribution in [1.82, 2.24) is 0 Å². The van der Waals surface area contributed by atoms with Crippen molar-refractivity contribution in [2.75, 3.05) is 31.7 Å². The zero-order valence-electron chi connectivity index (χ0n) is 15.9. The van der Waals surface area contributed by atoms with Gasteiger partial charge in [0.05, 0.1) is 19.8 Å². The molecule has 0 spiro atoms. The molecule has 0 saturated carbocycles. The minimum Gasteiger partial charge on any atom is -0.490 e. The van der Waals surface area contributed by atoms with Gasteiger partial charge >= 0.3 is 0 Å². The average Bonchev–Trinajstić information content (AvgIpc) is 2.93. The molecule has 3 N–H and O–H groups in total. The molecule has 1 aliphatic heterocycles. The number of guanidine groups is 1. The predicted molar refractivity (Wildman–Crippen MR) is 123 cm³/mol. The Balaban J connectivity index is 0.00000280. The average molecular weight is 497 g/mol. The summed E-state index contributed by atoms with van der Waals surface area (Å²) in [5.41, 5.74) is 8.00. The molecule has 0 saturated heterocycles. The van der Waals surface area contributed by atoms with Crippen LogP contribution in [0.5, 0.6) is 11.5 Å². The number of hydrogen-bond donors (Lipinski definition) is 2. The number of nitrogens with one attached hydrogen (secondary N) is 1. The molecule has 1 aliphatic rings. The monoisotopic (exact) mass is 497 g/mol. The van der Waals surface area contributed by atoms with E-state index in [1.807, 2.05) is 36.4 Å². The molecule has 6 nitrogen and oxygen atoms in total. The highest BCUT2D eigenvalue weighted by molar-refractivity contribution is 14.0. The molecule has 0 radical (unpaired) electrons. The minimum atomic E-state index is 0. The van der Waals surface area contributed by atoms with Crippen molar-refractivity contribution in [2.45, 2.75) is 25.9 Å². The van der Waals surface area contributed by atoms with Crippen LogP contribution in [0.15, 0.2) is 53.5 Å². The summed E-state index contributed by atoms with van der Waals surface area (Å²) in [6, 6.07) is 15.9. The van der Waals surface area contributed by atoms with Crippen LogP contribution in [0.3, 0.4) is 0 Å². The first-order valence-corrected chi connectivity index (χ1v) is 9.39. The van der Waals surface area contributed by atoms with E-state index in [1.165, 1.54) is 5.56 Å². The molecule has 2 aromatic rings. The van der Waals surface area contributed by atoms with Crippen LogP contribution in [0.4, 0.5) is 5.69 Å². The second kappa shape index (κ2) is 12.5. The van der Waals surface area contributed by atoms with Crippen molar-refractivity contribution < 1.29 is 14.2 Å². The summed E-state index contributed by atoms with van der Waals surface area (Å²) in [6.07, 6.45) is 2.77. The fourth-order valence-electron chi connectivity index (χ4n) is 2.71. The summed E-state index contributed by atoms with van der Waals surface area (Å²) in [5.74, 6) is 1.90. The maximum Gasteiger partial charge on any atom is 0.193 e. The number of benzene rings is 2. The van der Waals surface area contributed by atoms with Crippen molar-refractivity contribution >= 4 is 35.6 Å². The van der Waals surface area contributed by atoms with Crippen LogP contribution >= 0.6 is 24.0 Å². The lowest BCUT2D eigenvalue weighted by Gasteiger charge is -2.10. The standard InChI is InChI=1S/C21H27N3O3.HI/c22-21(23-11-4-5-12-25-16-17-7-2-1-3-8-17)24-18-9-10-19-20(15-18)27-14-6-13-26-19;/h1-3,7-10,15H,4-6,11-14,16H2,(H3,22,23,24);1H. The van der Waals surface area contributed by atoms with Gasteiger partial charge in [-0.15, -0.1) is 24.0 Å². The van der Waals surface area contributed by atoms with Crippen LogP contribution in [-0.2, 0) is 11.3 Å². The van der Waals surface area contributed by atoms with Crippen LogP contribution in [0, 0.1) is 0 Å². The highest BCUT2D eigenvalue weighted by atomic mass is 127. The van der Waals surface area contributed by atoms with Gasteiger partial charge in [-0.05, 0) is 30.5 Å². The van der Waals surface area contributed by atoms with Crippen molar-refractivity contribution in [3.8, 4) is 11.5 Å². The molecule has 3 rings (SSSR count). The molecule has 0 fully saturated rings. The lowest BCUT2D eigenvalue weighted by Crippen LogP contribution is -2.22. The van der Waals surface area contributed by atoms with Gasteiger partial charge in [0.25, 0.3) is 0 Å². The Bertz CT molecular complexity index is 741. The van der Waals surface area contributed by atoms with Crippen LogP contribution < -0.4 is 20.5 Å². The number of fused-ring (bicyclic) bond motifs is 1. The van der Waals surface area contributed by atoms with Crippen LogP contribution in [-0.4, -0.2) is 32.3 Å². The Morgan fingerprint density at radius 3 is 2.64 bits per heavy atom. The molecule has 1 heterocycles. The van der Waals surface area contributed by atoms with E-state index >= 15 is 0 Å². The van der Waals surface area contributed by atoms with E-state index in [-0.39, 0.29) is 24.0 Å². The molecule has 152 valence electrons. The number of rotatable bonds is 8. The summed E-state index contributed by atoms with van der Waals surface area (Å²) in [6.45, 7) is 3.38. The maximum atomic E-state index is 5.97. The Hall–Kier alpha value is -2.00. The lowest BCUT2D eigenvalue weighted by atomic mass is 10.2. The normalized spacial score (nSPS) is 13.4. The molecule has 0 aliphatic carbocycles. The molecule has 0 unspecified atom stereocenters. The largest absolute Gasteiger partial charge is 0.490 e. The van der Waals surface area contributed by atoms with E-state index in [4.69, 9.17) is 19.9 Å². The Labute approximate surface area is 183 Å². The fourth-order valence-corrected chi connectivity index (χ4v) is 2.71. The zero-order valence-corrected chi connectivity index (χ0v) is 18.3. The van der Waals surface area contributed by atoms with E-state index in [1.54, 1.807) is 0 Å². The Kier molecular flexibility index (Phi) is 9.92. The molecule has 2 aromatic carbocycles. The molecule has 7 heteroatoms. The summed E-state index contributed by atoms with van der Waals surface area (Å²) in [5, 5.41) is 3.10. The SMILES string of the molecule is I.NC(=NCCCCOCc1ccccc1)Nc1ccc2c(c1)OCCCO2. The Morgan fingerprint density at radius 2 is 1.82 bits per heavy atom. The Morgan fingerprint density at radius 1 is 1.04 bits per heavy atom. The number of anilines is 1. The van der Waals surface area contributed by atoms with Crippen molar-refractivity contribution in [3.05, 3.63) is 54.1 Å². The molecular weight excluding hydrogens is 469 g/mol. The number of nitrogens with zero attached hydrogens (tertiary/aromatic N) is 1. The van der Waals surface area contributed by atoms with E-state index < -0.39 is 0 Å². The van der Waals surface area contributed by atoms with Gasteiger partial charge in [0.15, 0.2) is 17.5 Å². The minimum absolute atomic E-state index is 0. The van der Waals surface area contributed by atoms with Crippen LogP contribution in [0.2, 0.25) is 0 Å². The molecular formula is C21H28IN3O3. The number of unbranched alkanes of at least 4 members (excludes halogenated alkanes) is 1. The molecule has 28 heavy (non-hydrogen) atoms. The highest BCUT2D eigenvalue weighted by Gasteiger charge is 2.10. The summed E-state index contributed by atoms with van der Waals surface area (Å²) in [4.78, 5) is 4.36. The van der Waals surface area contributed by atoms with Gasteiger partial charge in [-0.1, -0.05) is 30.3 Å². The highest BCUT2D eigenvalue weighted by Crippen LogP contribution is 2.32. The molecule has 0 bridgehead atoms. The zero-order chi connectivity index (χ0) is 18.7. The van der Waals surface area contributed by atoms with E-state index in [0.29, 0.717) is 32.3 Å². The quantitative estimate of drug-likeness (QED) is 0.248. The third-order valence-corrected chi connectivity index (χ3v) is 4.11. The van der Waals surface area contributed by atoms with Crippen LogP contribution in [0.25, 0.3) is 0 Å². The fraction of sp³-hybridized carbons (Fsp3) is 0.381. The third kappa shape index (κ3) is 7.55. The third-order valence-electron chi connectivity index (χ3n) is 4.11. The second-order valence-electron chi connectivity index (χ2n) is 6.35. The topological polar surface area (TPSA) is 78.1 Å². The number of aliphatic imine (C=N–C) groups is 1. The summed E-state index contributed by atoms with van der Waals surface area (Å²) >= 11 is 0. The van der Waals surface area contributed by atoms with Gasteiger partial charge < -0.3 is 25.3 Å². The maximum absolute atomic E-state index is 5.97. The predicted octanol–water partition coefficient (Wildman–Crippen LogP) is 4.19. The van der Waals surface area contributed by atoms with Gasteiger partial charge in [0.2, 0.25) is 0 Å².